The molecule has 1 spiro atoms. The lowest BCUT2D eigenvalue weighted by Gasteiger charge is -2.50. The van der Waals surface area contributed by atoms with Crippen molar-refractivity contribution in [1.82, 2.24) is 20.1 Å². The molecule has 0 aliphatic carbocycles. The van der Waals surface area contributed by atoms with Gasteiger partial charge in [0.05, 0.1) is 12.7 Å². The third kappa shape index (κ3) is 3.89. The third-order valence-corrected chi connectivity index (χ3v) is 6.18. The van der Waals surface area contributed by atoms with E-state index < -0.39 is 0 Å². The predicted octanol–water partition coefficient (Wildman–Crippen LogP) is 1.88. The van der Waals surface area contributed by atoms with Crippen molar-refractivity contribution in [3.63, 3.8) is 0 Å². The van der Waals surface area contributed by atoms with Gasteiger partial charge in [-0.25, -0.2) is 9.78 Å². The van der Waals surface area contributed by atoms with Crippen LogP contribution in [0.25, 0.3) is 0 Å². The second-order valence-corrected chi connectivity index (χ2v) is 7.93. The molecule has 3 fully saturated rings. The molecule has 4 heterocycles. The topological polar surface area (TPSA) is 66.9 Å². The Bertz CT molecular complexity index is 656. The van der Waals surface area contributed by atoms with Crippen molar-refractivity contribution in [3.8, 4) is 5.88 Å². The normalized spacial score (nSPS) is 24.2. The van der Waals surface area contributed by atoms with Crippen molar-refractivity contribution in [2.24, 2.45) is 5.92 Å². The number of urea groups is 1. The molecule has 1 aromatic rings. The van der Waals surface area contributed by atoms with Crippen LogP contribution in [0, 0.1) is 5.92 Å². The third-order valence-electron chi connectivity index (χ3n) is 6.18. The summed E-state index contributed by atoms with van der Waals surface area (Å²) in [6.45, 7) is 6.08. The molecule has 0 bridgehead atoms. The first-order valence-corrected chi connectivity index (χ1v) is 10.1. The van der Waals surface area contributed by atoms with Crippen molar-refractivity contribution in [2.75, 3.05) is 46.4 Å². The highest BCUT2D eigenvalue weighted by atomic mass is 16.5. The van der Waals surface area contributed by atoms with Gasteiger partial charge in [0.2, 0.25) is 5.88 Å². The standard InChI is InChI=1S/C20H30N4O3/c1-26-18-16(5-4-8-21-18)13-23-14-20(15-23)17(7-12-27-20)6-9-22-19(25)24-10-2-3-11-24/h4-5,8,17H,2-3,6-7,9-15H2,1H3,(H,22,25)/t17-/m1/s1. The lowest BCUT2D eigenvalue weighted by molar-refractivity contribution is -0.136. The van der Waals surface area contributed by atoms with Gasteiger partial charge in [-0.1, -0.05) is 6.07 Å². The first-order chi connectivity index (χ1) is 13.2. The van der Waals surface area contributed by atoms with Crippen LogP contribution in [0.15, 0.2) is 18.3 Å². The molecule has 4 rings (SSSR count). The van der Waals surface area contributed by atoms with Gasteiger partial charge < -0.3 is 19.7 Å². The summed E-state index contributed by atoms with van der Waals surface area (Å²) in [7, 11) is 1.66. The molecule has 148 valence electrons. The number of nitrogens with zero attached hydrogens (tertiary/aromatic N) is 3. The Morgan fingerprint density at radius 2 is 2.22 bits per heavy atom. The number of nitrogens with one attached hydrogen (secondary N) is 1. The summed E-state index contributed by atoms with van der Waals surface area (Å²) >= 11 is 0. The number of rotatable bonds is 6. The van der Waals surface area contributed by atoms with Gasteiger partial charge in [-0.05, 0) is 37.7 Å². The van der Waals surface area contributed by atoms with E-state index in [1.165, 1.54) is 0 Å². The van der Waals surface area contributed by atoms with E-state index in [2.05, 4.69) is 21.3 Å². The Morgan fingerprint density at radius 1 is 1.41 bits per heavy atom. The fraction of sp³-hybridized carbons (Fsp3) is 0.700. The van der Waals surface area contributed by atoms with Crippen LogP contribution in [0.4, 0.5) is 4.79 Å². The molecular formula is C20H30N4O3. The van der Waals surface area contributed by atoms with Crippen LogP contribution < -0.4 is 10.1 Å². The zero-order chi connectivity index (χ0) is 18.7. The molecule has 0 aromatic carbocycles. The quantitative estimate of drug-likeness (QED) is 0.824. The highest BCUT2D eigenvalue weighted by molar-refractivity contribution is 5.74. The van der Waals surface area contributed by atoms with Crippen LogP contribution in [0.1, 0.15) is 31.2 Å². The van der Waals surface area contributed by atoms with E-state index in [1.54, 1.807) is 13.3 Å². The Balaban J connectivity index is 1.25. The van der Waals surface area contributed by atoms with Crippen LogP contribution in [0.2, 0.25) is 0 Å². The number of carbonyl (C=O) groups excluding carboxylic acids is 1. The number of amides is 2. The Kier molecular flexibility index (Phi) is 5.50. The minimum Gasteiger partial charge on any atom is -0.481 e. The van der Waals surface area contributed by atoms with E-state index in [0.717, 1.165) is 77.1 Å². The summed E-state index contributed by atoms with van der Waals surface area (Å²) in [6.07, 6.45) is 6.09. The number of methoxy groups -OCH3 is 1. The van der Waals surface area contributed by atoms with Crippen molar-refractivity contribution in [2.45, 2.75) is 37.8 Å². The number of carbonyl (C=O) groups is 1. The zero-order valence-corrected chi connectivity index (χ0v) is 16.2. The predicted molar refractivity (Wildman–Crippen MR) is 102 cm³/mol. The smallest absolute Gasteiger partial charge is 0.317 e. The van der Waals surface area contributed by atoms with E-state index in [-0.39, 0.29) is 11.6 Å². The summed E-state index contributed by atoms with van der Waals surface area (Å²) in [4.78, 5) is 20.7. The molecule has 1 atom stereocenters. The fourth-order valence-corrected chi connectivity index (χ4v) is 4.72. The summed E-state index contributed by atoms with van der Waals surface area (Å²) in [5.41, 5.74) is 1.08. The summed E-state index contributed by atoms with van der Waals surface area (Å²) < 4.78 is 11.5. The summed E-state index contributed by atoms with van der Waals surface area (Å²) in [6, 6.07) is 4.11. The SMILES string of the molecule is COc1ncccc1CN1CC2(C1)OCC[C@H]2CCNC(=O)N1CCCC1. The molecule has 2 amide bonds. The summed E-state index contributed by atoms with van der Waals surface area (Å²) in [5, 5.41) is 3.10. The van der Waals surface area contributed by atoms with Gasteiger partial charge in [-0.2, -0.15) is 0 Å². The van der Waals surface area contributed by atoms with E-state index in [1.807, 2.05) is 11.0 Å². The lowest BCUT2D eigenvalue weighted by atomic mass is 9.79. The molecule has 3 aliphatic rings. The van der Waals surface area contributed by atoms with Crippen molar-refractivity contribution < 1.29 is 14.3 Å². The first kappa shape index (κ1) is 18.5. The average Bonchev–Trinajstić information content (AvgIpc) is 3.32. The second kappa shape index (κ2) is 8.02. The van der Waals surface area contributed by atoms with E-state index in [4.69, 9.17) is 9.47 Å². The van der Waals surface area contributed by atoms with E-state index in [0.29, 0.717) is 11.8 Å². The number of ether oxygens (including phenoxy) is 2. The average molecular weight is 374 g/mol. The molecule has 0 radical (unpaired) electrons. The minimum atomic E-state index is -0.0339. The highest BCUT2D eigenvalue weighted by Crippen LogP contribution is 2.42. The largest absolute Gasteiger partial charge is 0.481 e. The number of hydrogen-bond donors (Lipinski definition) is 1. The molecule has 3 saturated heterocycles. The molecular weight excluding hydrogens is 344 g/mol. The molecule has 1 aromatic heterocycles. The second-order valence-electron chi connectivity index (χ2n) is 7.93. The van der Waals surface area contributed by atoms with Gasteiger partial charge in [0.15, 0.2) is 0 Å². The van der Waals surface area contributed by atoms with Gasteiger partial charge in [0, 0.05) is 57.6 Å². The zero-order valence-electron chi connectivity index (χ0n) is 16.2. The maximum Gasteiger partial charge on any atom is 0.317 e. The van der Waals surface area contributed by atoms with Gasteiger partial charge in [-0.3, -0.25) is 4.90 Å². The molecule has 0 unspecified atom stereocenters. The Morgan fingerprint density at radius 3 is 3.00 bits per heavy atom. The number of aromatic nitrogens is 1. The minimum absolute atomic E-state index is 0.0339. The monoisotopic (exact) mass is 374 g/mol. The van der Waals surface area contributed by atoms with Gasteiger partial charge in [-0.15, -0.1) is 0 Å². The van der Waals surface area contributed by atoms with Crippen LogP contribution in [0.5, 0.6) is 5.88 Å². The molecule has 1 N–H and O–H groups in total. The van der Waals surface area contributed by atoms with Crippen LogP contribution in [-0.4, -0.2) is 72.9 Å². The lowest BCUT2D eigenvalue weighted by Crippen LogP contribution is -2.64. The van der Waals surface area contributed by atoms with E-state index in [9.17, 15) is 4.79 Å². The maximum atomic E-state index is 12.1. The van der Waals surface area contributed by atoms with Gasteiger partial charge >= 0.3 is 6.03 Å². The van der Waals surface area contributed by atoms with Crippen molar-refractivity contribution in [1.29, 1.82) is 0 Å². The molecule has 27 heavy (non-hydrogen) atoms. The van der Waals surface area contributed by atoms with Gasteiger partial charge in [0.25, 0.3) is 0 Å². The van der Waals surface area contributed by atoms with Crippen LogP contribution in [-0.2, 0) is 11.3 Å². The fourth-order valence-electron chi connectivity index (χ4n) is 4.72. The Labute approximate surface area is 161 Å². The van der Waals surface area contributed by atoms with Crippen LogP contribution in [0.3, 0.4) is 0 Å². The number of likely N-dealkylation sites (tertiary alicyclic amines) is 2. The molecule has 7 nitrogen and oxygen atoms in total. The molecule has 7 heteroatoms. The molecule has 0 saturated carbocycles. The van der Waals surface area contributed by atoms with Gasteiger partial charge in [0.1, 0.15) is 0 Å². The van der Waals surface area contributed by atoms with Crippen molar-refractivity contribution >= 4 is 6.03 Å². The highest BCUT2D eigenvalue weighted by Gasteiger charge is 2.52. The van der Waals surface area contributed by atoms with Crippen molar-refractivity contribution in [3.05, 3.63) is 23.9 Å². The Hall–Kier alpha value is -1.86. The summed E-state index contributed by atoms with van der Waals surface area (Å²) in [5.74, 6) is 1.22. The molecule has 3 aliphatic heterocycles. The number of pyridine rings is 1. The number of hydrogen-bond acceptors (Lipinski definition) is 5. The van der Waals surface area contributed by atoms with Crippen LogP contribution >= 0.6 is 0 Å². The van der Waals surface area contributed by atoms with E-state index >= 15 is 0 Å². The maximum absolute atomic E-state index is 12.1. The first-order valence-electron chi connectivity index (χ1n) is 10.1.